The molecule has 1 saturated heterocycles. The summed E-state index contributed by atoms with van der Waals surface area (Å²) in [5.74, 6) is -1.39. The molecule has 6 atom stereocenters. The van der Waals surface area contributed by atoms with Gasteiger partial charge < -0.3 is 14.2 Å². The van der Waals surface area contributed by atoms with Crippen LogP contribution in [-0.2, 0) is 28.6 Å². The molecule has 0 unspecified atom stereocenters. The van der Waals surface area contributed by atoms with Gasteiger partial charge in [-0.2, -0.15) is 0 Å². The maximum atomic E-state index is 13.1. The summed E-state index contributed by atoms with van der Waals surface area (Å²) >= 11 is 1.41. The van der Waals surface area contributed by atoms with E-state index in [1.54, 1.807) is 25.3 Å². The van der Waals surface area contributed by atoms with E-state index in [9.17, 15) is 14.4 Å². The maximum Gasteiger partial charge on any atom is 0.333 e. The van der Waals surface area contributed by atoms with Gasteiger partial charge in [0, 0.05) is 17.6 Å². The molecular weight excluding hydrogens is 416 g/mol. The lowest BCUT2D eigenvalue weighted by Crippen LogP contribution is -2.50. The van der Waals surface area contributed by atoms with Gasteiger partial charge in [-0.3, -0.25) is 4.79 Å². The first-order valence-electron chi connectivity index (χ1n) is 10.7. The number of rotatable bonds is 5. The van der Waals surface area contributed by atoms with Crippen molar-refractivity contribution in [1.82, 2.24) is 0 Å². The minimum Gasteiger partial charge on any atom is -0.460 e. The van der Waals surface area contributed by atoms with Crippen molar-refractivity contribution in [1.29, 1.82) is 0 Å². The lowest BCUT2D eigenvalue weighted by Gasteiger charge is -2.46. The first kappa shape index (κ1) is 23.6. The van der Waals surface area contributed by atoms with Crippen molar-refractivity contribution in [2.45, 2.75) is 59.2 Å². The number of carbonyl (C=O) groups excluding carboxylic acids is 3. The molecule has 0 bridgehead atoms. The fourth-order valence-corrected chi connectivity index (χ4v) is 5.78. The molecule has 0 aromatic carbocycles. The Morgan fingerprint density at radius 3 is 2.58 bits per heavy atom. The predicted molar refractivity (Wildman–Crippen MR) is 119 cm³/mol. The number of thioether (sulfide) groups is 1. The van der Waals surface area contributed by atoms with Crippen LogP contribution < -0.4 is 0 Å². The Labute approximate surface area is 188 Å². The molecule has 2 saturated carbocycles. The van der Waals surface area contributed by atoms with Crippen LogP contribution in [0.4, 0.5) is 0 Å². The second-order valence-corrected chi connectivity index (χ2v) is 9.89. The number of allylic oxidation sites excluding steroid dienone is 1. The quantitative estimate of drug-likeness (QED) is 0.270. The van der Waals surface area contributed by atoms with Gasteiger partial charge in [-0.05, 0) is 61.7 Å². The largest absolute Gasteiger partial charge is 0.460 e. The van der Waals surface area contributed by atoms with Crippen molar-refractivity contribution >= 4 is 29.7 Å². The highest BCUT2D eigenvalue weighted by atomic mass is 32.2. The van der Waals surface area contributed by atoms with Gasteiger partial charge in [0.15, 0.2) is 0 Å². The minimum absolute atomic E-state index is 0.119. The second kappa shape index (κ2) is 8.85. The zero-order valence-corrected chi connectivity index (χ0v) is 19.8. The number of cyclic esters (lactones) is 1. The zero-order chi connectivity index (χ0) is 23.0. The number of hydrogen-bond donors (Lipinski definition) is 0. The smallest absolute Gasteiger partial charge is 0.333 e. The molecule has 7 heteroatoms. The van der Waals surface area contributed by atoms with Crippen LogP contribution in [-0.4, -0.2) is 43.0 Å². The van der Waals surface area contributed by atoms with Crippen molar-refractivity contribution in [3.63, 3.8) is 0 Å². The molecule has 0 amide bonds. The molecule has 1 heterocycles. The van der Waals surface area contributed by atoms with E-state index < -0.39 is 35.5 Å². The molecular formula is C24H32O6S. The average molecular weight is 449 g/mol. The van der Waals surface area contributed by atoms with Gasteiger partial charge in [0.05, 0.1) is 0 Å². The van der Waals surface area contributed by atoms with Crippen molar-refractivity contribution in [2.75, 3.05) is 12.9 Å². The van der Waals surface area contributed by atoms with E-state index in [1.807, 2.05) is 6.26 Å². The van der Waals surface area contributed by atoms with Gasteiger partial charge >= 0.3 is 17.9 Å². The fraction of sp³-hybridized carbons (Fsp3) is 0.625. The van der Waals surface area contributed by atoms with Crippen molar-refractivity contribution < 1.29 is 28.6 Å². The summed E-state index contributed by atoms with van der Waals surface area (Å²) in [7, 11) is 0. The van der Waals surface area contributed by atoms with Crippen molar-refractivity contribution in [3.05, 3.63) is 35.3 Å². The first-order chi connectivity index (χ1) is 14.6. The van der Waals surface area contributed by atoms with Gasteiger partial charge in [-0.15, -0.1) is 11.8 Å². The lowest BCUT2D eigenvalue weighted by atomic mass is 9.61. The Balaban J connectivity index is 2.07. The van der Waals surface area contributed by atoms with Gasteiger partial charge in [0.25, 0.3) is 0 Å². The van der Waals surface area contributed by atoms with E-state index >= 15 is 0 Å². The highest BCUT2D eigenvalue weighted by molar-refractivity contribution is 8.01. The number of fused-ring (bicyclic) bond motifs is 1. The molecule has 1 aliphatic heterocycles. The van der Waals surface area contributed by atoms with Gasteiger partial charge in [-0.25, -0.2) is 9.59 Å². The summed E-state index contributed by atoms with van der Waals surface area (Å²) in [6.07, 6.45) is 5.64. The van der Waals surface area contributed by atoms with Crippen LogP contribution in [0.2, 0.25) is 0 Å². The third-order valence-electron chi connectivity index (χ3n) is 7.61. The van der Waals surface area contributed by atoms with E-state index in [-0.39, 0.29) is 23.9 Å². The summed E-state index contributed by atoms with van der Waals surface area (Å²) in [5.41, 5.74) is -0.403. The Hall–Kier alpha value is -2.02. The second-order valence-electron chi connectivity index (χ2n) is 9.15. The number of hydrogen-bond acceptors (Lipinski definition) is 7. The third kappa shape index (κ3) is 3.86. The molecule has 2 aliphatic carbocycles. The van der Waals surface area contributed by atoms with Gasteiger partial charge in [0.2, 0.25) is 0 Å². The Morgan fingerprint density at radius 2 is 2.00 bits per heavy atom. The number of esters is 3. The number of carbonyl (C=O) groups is 3. The van der Waals surface area contributed by atoms with Crippen molar-refractivity contribution in [2.24, 2.45) is 22.7 Å². The predicted octanol–water partition coefficient (Wildman–Crippen LogP) is 4.21. The van der Waals surface area contributed by atoms with Crippen LogP contribution in [0.3, 0.4) is 0 Å². The molecule has 3 fully saturated rings. The van der Waals surface area contributed by atoms with Gasteiger partial charge in [0.1, 0.15) is 24.2 Å². The lowest BCUT2D eigenvalue weighted by molar-refractivity contribution is -0.171. The van der Waals surface area contributed by atoms with Crippen LogP contribution in [0.1, 0.15) is 47.0 Å². The summed E-state index contributed by atoms with van der Waals surface area (Å²) < 4.78 is 17.3. The minimum atomic E-state index is -1.11. The standard InChI is InChI=1S/C24H32O6S/c1-7-14(2)21(26)30-20-19-17(29-18(25)10-11-31-6)9-8-15(3)23(19,5)13-24(20)16(4)12-28-22(24)27/h7,10-11,15,17,19-20H,4,8-9,12-13H2,1-3,5-6H3/b11-10+,14-7-/t15-,17-,19+,20+,23+,24+/m0/s1. The monoisotopic (exact) mass is 448 g/mol. The average Bonchev–Trinajstić information content (AvgIpc) is 3.18. The van der Waals surface area contributed by atoms with E-state index in [0.717, 1.165) is 6.42 Å². The molecule has 0 aromatic heterocycles. The van der Waals surface area contributed by atoms with E-state index in [4.69, 9.17) is 14.2 Å². The maximum absolute atomic E-state index is 13.1. The summed E-state index contributed by atoms with van der Waals surface area (Å²) in [5, 5.41) is 1.67. The molecule has 0 radical (unpaired) electrons. The summed E-state index contributed by atoms with van der Waals surface area (Å²) in [6.45, 7) is 11.9. The summed E-state index contributed by atoms with van der Waals surface area (Å²) in [6, 6.07) is 0. The molecule has 0 aromatic rings. The van der Waals surface area contributed by atoms with Crippen LogP contribution in [0.15, 0.2) is 35.3 Å². The van der Waals surface area contributed by atoms with Gasteiger partial charge in [-0.1, -0.05) is 26.5 Å². The zero-order valence-electron chi connectivity index (χ0n) is 18.9. The van der Waals surface area contributed by atoms with E-state index in [2.05, 4.69) is 20.4 Å². The highest BCUT2D eigenvalue weighted by Gasteiger charge is 2.72. The van der Waals surface area contributed by atoms with E-state index in [1.165, 1.54) is 17.8 Å². The molecule has 1 spiro atoms. The molecule has 170 valence electrons. The SMILES string of the molecule is C=C1COC(=O)[C@]12C[C@@]1(C)[C@H]([C@@H](OC(=O)/C=C/SC)CC[C@@H]1C)[C@H]2OC(=O)/C(C)=C\C. The molecule has 3 rings (SSSR count). The fourth-order valence-electron chi connectivity index (χ4n) is 5.53. The normalized spacial score (nSPS) is 37.8. The van der Waals surface area contributed by atoms with Crippen LogP contribution in [0.5, 0.6) is 0 Å². The van der Waals surface area contributed by atoms with E-state index in [0.29, 0.717) is 24.0 Å². The highest BCUT2D eigenvalue weighted by Crippen LogP contribution is 2.66. The van der Waals surface area contributed by atoms with Crippen LogP contribution in [0, 0.1) is 22.7 Å². The Kier molecular flexibility index (Phi) is 6.75. The molecule has 0 N–H and O–H groups in total. The van der Waals surface area contributed by atoms with Crippen LogP contribution >= 0.6 is 11.8 Å². The molecule has 31 heavy (non-hydrogen) atoms. The number of ether oxygens (including phenoxy) is 3. The summed E-state index contributed by atoms with van der Waals surface area (Å²) in [4.78, 5) is 38.3. The Bertz CT molecular complexity index is 827. The van der Waals surface area contributed by atoms with Crippen molar-refractivity contribution in [3.8, 4) is 0 Å². The topological polar surface area (TPSA) is 78.9 Å². The molecule has 3 aliphatic rings. The first-order valence-corrected chi connectivity index (χ1v) is 12.0. The third-order valence-corrected chi connectivity index (χ3v) is 8.02. The van der Waals surface area contributed by atoms with Crippen LogP contribution in [0.25, 0.3) is 0 Å². The Morgan fingerprint density at radius 1 is 1.29 bits per heavy atom. The molecule has 6 nitrogen and oxygen atoms in total.